The smallest absolute Gasteiger partial charge is 0.302 e. The Morgan fingerprint density at radius 2 is 1.88 bits per heavy atom. The molecule has 0 saturated carbocycles. The summed E-state index contributed by atoms with van der Waals surface area (Å²) in [6.45, 7) is 6.40. The molecular weight excluding hydrogens is 212 g/mol. The van der Waals surface area contributed by atoms with Crippen LogP contribution in [0.15, 0.2) is 30.3 Å². The van der Waals surface area contributed by atoms with E-state index < -0.39 is 0 Å². The Morgan fingerprint density at radius 3 is 2.41 bits per heavy atom. The highest BCUT2D eigenvalue weighted by molar-refractivity contribution is 5.65. The lowest BCUT2D eigenvalue weighted by Crippen LogP contribution is -2.17. The number of benzene rings is 1. The molecule has 0 N–H and O–H groups in total. The fourth-order valence-electron chi connectivity index (χ4n) is 2.06. The summed E-state index contributed by atoms with van der Waals surface area (Å²) in [6, 6.07) is 10.4. The Balaban J connectivity index is 2.53. The van der Waals surface area contributed by atoms with Gasteiger partial charge in [-0.25, -0.2) is 0 Å². The molecule has 0 spiro atoms. The number of rotatable bonds is 6. The van der Waals surface area contributed by atoms with Gasteiger partial charge in [0.2, 0.25) is 0 Å². The monoisotopic (exact) mass is 234 g/mol. The molecule has 0 amide bonds. The molecule has 0 unspecified atom stereocenters. The molecule has 0 saturated heterocycles. The van der Waals surface area contributed by atoms with Crippen LogP contribution in [-0.2, 0) is 16.0 Å². The van der Waals surface area contributed by atoms with Crippen LogP contribution in [0, 0.1) is 11.8 Å². The van der Waals surface area contributed by atoms with E-state index in [9.17, 15) is 4.79 Å². The maximum absolute atomic E-state index is 10.9. The minimum atomic E-state index is -0.188. The van der Waals surface area contributed by atoms with Gasteiger partial charge in [-0.1, -0.05) is 44.2 Å². The molecule has 94 valence electrons. The van der Waals surface area contributed by atoms with Gasteiger partial charge in [-0.05, 0) is 30.2 Å². The highest BCUT2D eigenvalue weighted by atomic mass is 16.5. The van der Waals surface area contributed by atoms with Crippen molar-refractivity contribution in [2.45, 2.75) is 33.6 Å². The van der Waals surface area contributed by atoms with Gasteiger partial charge in [0, 0.05) is 6.92 Å². The zero-order chi connectivity index (χ0) is 12.7. The van der Waals surface area contributed by atoms with Crippen LogP contribution < -0.4 is 0 Å². The number of ether oxygens (including phenoxy) is 1. The summed E-state index contributed by atoms with van der Waals surface area (Å²) in [5.41, 5.74) is 1.31. The molecular formula is C15H22O2. The first-order valence-electron chi connectivity index (χ1n) is 6.25. The van der Waals surface area contributed by atoms with Gasteiger partial charge in [0.15, 0.2) is 0 Å². The summed E-state index contributed by atoms with van der Waals surface area (Å²) < 4.78 is 5.14. The van der Waals surface area contributed by atoms with Crippen molar-refractivity contribution in [3.63, 3.8) is 0 Å². The van der Waals surface area contributed by atoms with E-state index in [1.807, 2.05) is 18.2 Å². The second-order valence-electron chi connectivity index (χ2n) is 4.99. The van der Waals surface area contributed by atoms with E-state index in [1.165, 1.54) is 12.5 Å². The fraction of sp³-hybridized carbons (Fsp3) is 0.533. The first kappa shape index (κ1) is 13.8. The molecule has 1 atom stereocenters. The van der Waals surface area contributed by atoms with E-state index in [2.05, 4.69) is 26.0 Å². The number of hydrogen-bond donors (Lipinski definition) is 0. The van der Waals surface area contributed by atoms with Gasteiger partial charge >= 0.3 is 5.97 Å². The molecule has 0 heterocycles. The van der Waals surface area contributed by atoms with Crippen LogP contribution >= 0.6 is 0 Å². The van der Waals surface area contributed by atoms with Crippen molar-refractivity contribution in [3.8, 4) is 0 Å². The second-order valence-corrected chi connectivity index (χ2v) is 4.99. The van der Waals surface area contributed by atoms with E-state index in [-0.39, 0.29) is 5.97 Å². The lowest BCUT2D eigenvalue weighted by Gasteiger charge is -2.18. The van der Waals surface area contributed by atoms with Crippen LogP contribution in [0.2, 0.25) is 0 Å². The molecule has 0 aliphatic rings. The highest BCUT2D eigenvalue weighted by Crippen LogP contribution is 2.17. The van der Waals surface area contributed by atoms with Crippen molar-refractivity contribution in [2.75, 3.05) is 6.61 Å². The summed E-state index contributed by atoms with van der Waals surface area (Å²) in [4.78, 5) is 10.9. The van der Waals surface area contributed by atoms with Crippen LogP contribution in [0.25, 0.3) is 0 Å². The van der Waals surface area contributed by atoms with Crippen LogP contribution in [0.5, 0.6) is 0 Å². The molecule has 2 heteroatoms. The summed E-state index contributed by atoms with van der Waals surface area (Å²) in [5.74, 6) is 0.854. The molecule has 0 radical (unpaired) electrons. The number of carbonyl (C=O) groups is 1. The largest absolute Gasteiger partial charge is 0.466 e. The number of esters is 1. The van der Waals surface area contributed by atoms with E-state index in [1.54, 1.807) is 0 Å². The SMILES string of the molecule is CC(=O)OC[C@H](Cc1ccccc1)CC(C)C. The molecule has 0 aliphatic heterocycles. The standard InChI is InChI=1S/C15H22O2/c1-12(2)9-15(11-17-13(3)16)10-14-7-5-4-6-8-14/h4-8,12,15H,9-11H2,1-3H3/t15-/m0/s1. The quantitative estimate of drug-likeness (QED) is 0.705. The van der Waals surface area contributed by atoms with Crippen molar-refractivity contribution < 1.29 is 9.53 Å². The van der Waals surface area contributed by atoms with Gasteiger partial charge in [-0.3, -0.25) is 4.79 Å². The molecule has 17 heavy (non-hydrogen) atoms. The van der Waals surface area contributed by atoms with Crippen molar-refractivity contribution in [2.24, 2.45) is 11.8 Å². The number of hydrogen-bond acceptors (Lipinski definition) is 2. The van der Waals surface area contributed by atoms with E-state index in [0.29, 0.717) is 18.4 Å². The molecule has 1 aromatic rings. The predicted octanol–water partition coefficient (Wildman–Crippen LogP) is 3.45. The molecule has 0 aliphatic carbocycles. The molecule has 1 rings (SSSR count). The summed E-state index contributed by atoms with van der Waals surface area (Å²) >= 11 is 0. The zero-order valence-electron chi connectivity index (χ0n) is 11.0. The van der Waals surface area contributed by atoms with Gasteiger partial charge in [0.25, 0.3) is 0 Å². The lowest BCUT2D eigenvalue weighted by atomic mass is 9.91. The highest BCUT2D eigenvalue weighted by Gasteiger charge is 2.13. The predicted molar refractivity (Wildman–Crippen MR) is 69.7 cm³/mol. The van der Waals surface area contributed by atoms with E-state index in [4.69, 9.17) is 4.74 Å². The van der Waals surface area contributed by atoms with Gasteiger partial charge in [-0.15, -0.1) is 0 Å². The summed E-state index contributed by atoms with van der Waals surface area (Å²) in [7, 11) is 0. The van der Waals surface area contributed by atoms with Crippen molar-refractivity contribution in [1.82, 2.24) is 0 Å². The fourth-order valence-corrected chi connectivity index (χ4v) is 2.06. The molecule has 1 aromatic carbocycles. The molecule has 2 nitrogen and oxygen atoms in total. The van der Waals surface area contributed by atoms with Gasteiger partial charge in [0.1, 0.15) is 0 Å². The minimum absolute atomic E-state index is 0.188. The van der Waals surface area contributed by atoms with E-state index >= 15 is 0 Å². The molecule has 0 fully saturated rings. The van der Waals surface area contributed by atoms with Gasteiger partial charge in [0.05, 0.1) is 6.61 Å². The third-order valence-electron chi connectivity index (χ3n) is 2.69. The maximum atomic E-state index is 10.9. The molecule has 0 bridgehead atoms. The third-order valence-corrected chi connectivity index (χ3v) is 2.69. The lowest BCUT2D eigenvalue weighted by molar-refractivity contribution is -0.142. The average molecular weight is 234 g/mol. The first-order chi connectivity index (χ1) is 8.08. The van der Waals surface area contributed by atoms with Crippen LogP contribution in [0.1, 0.15) is 32.8 Å². The second kappa shape index (κ2) is 7.10. The van der Waals surface area contributed by atoms with Crippen molar-refractivity contribution >= 4 is 5.97 Å². The Labute approximate surface area is 104 Å². The van der Waals surface area contributed by atoms with Crippen molar-refractivity contribution in [3.05, 3.63) is 35.9 Å². The Kier molecular flexibility index (Phi) is 5.75. The average Bonchev–Trinajstić information content (AvgIpc) is 2.26. The van der Waals surface area contributed by atoms with Crippen LogP contribution in [-0.4, -0.2) is 12.6 Å². The maximum Gasteiger partial charge on any atom is 0.302 e. The first-order valence-corrected chi connectivity index (χ1v) is 6.25. The van der Waals surface area contributed by atoms with Crippen LogP contribution in [0.3, 0.4) is 0 Å². The summed E-state index contributed by atoms with van der Waals surface area (Å²) in [5, 5.41) is 0. The van der Waals surface area contributed by atoms with Gasteiger partial charge < -0.3 is 4.74 Å². The summed E-state index contributed by atoms with van der Waals surface area (Å²) in [6.07, 6.45) is 2.06. The minimum Gasteiger partial charge on any atom is -0.466 e. The Bertz CT molecular complexity index is 330. The Hall–Kier alpha value is -1.31. The third kappa shape index (κ3) is 6.10. The molecule has 0 aromatic heterocycles. The topological polar surface area (TPSA) is 26.3 Å². The zero-order valence-corrected chi connectivity index (χ0v) is 11.0. The van der Waals surface area contributed by atoms with Crippen LogP contribution in [0.4, 0.5) is 0 Å². The van der Waals surface area contributed by atoms with E-state index in [0.717, 1.165) is 12.8 Å². The normalized spacial score (nSPS) is 12.5. The van der Waals surface area contributed by atoms with Gasteiger partial charge in [-0.2, -0.15) is 0 Å². The number of carbonyl (C=O) groups excluding carboxylic acids is 1. The van der Waals surface area contributed by atoms with Crippen molar-refractivity contribution in [1.29, 1.82) is 0 Å². The Morgan fingerprint density at radius 1 is 1.24 bits per heavy atom.